The molecule has 4 nitrogen and oxygen atoms in total. The maximum absolute atomic E-state index is 11.3. The van der Waals surface area contributed by atoms with Crippen LogP contribution >= 0.6 is 11.6 Å². The van der Waals surface area contributed by atoms with Crippen LogP contribution in [0.25, 0.3) is 0 Å². The predicted octanol–water partition coefficient (Wildman–Crippen LogP) is 0.0690. The van der Waals surface area contributed by atoms with Crippen molar-refractivity contribution in [2.24, 2.45) is 0 Å². The van der Waals surface area contributed by atoms with E-state index in [1.54, 1.807) is 0 Å². The quantitative estimate of drug-likeness (QED) is 0.563. The van der Waals surface area contributed by atoms with Crippen LogP contribution in [0.1, 0.15) is 11.3 Å². The summed E-state index contributed by atoms with van der Waals surface area (Å²) in [4.78, 5) is 17.8. The van der Waals surface area contributed by atoms with E-state index >= 15 is 0 Å². The standard InChI is InChI=1S/C7H8ClN3O/c8-7-10-5-3-9-2-1-4(5)6(12)11-7/h9H,1-3H2,(H,10,11,12). The number of H-pyrrole nitrogens is 1. The lowest BCUT2D eigenvalue weighted by Crippen LogP contribution is -2.30. The highest BCUT2D eigenvalue weighted by Crippen LogP contribution is 2.07. The van der Waals surface area contributed by atoms with Crippen molar-refractivity contribution in [1.82, 2.24) is 15.3 Å². The van der Waals surface area contributed by atoms with E-state index in [0.29, 0.717) is 6.54 Å². The van der Waals surface area contributed by atoms with Crippen molar-refractivity contribution < 1.29 is 0 Å². The molecule has 0 saturated carbocycles. The van der Waals surface area contributed by atoms with Gasteiger partial charge in [-0.05, 0) is 24.6 Å². The predicted molar refractivity (Wildman–Crippen MR) is 45.3 cm³/mol. The number of halogens is 1. The van der Waals surface area contributed by atoms with Gasteiger partial charge in [-0.25, -0.2) is 4.98 Å². The average Bonchev–Trinajstić information content (AvgIpc) is 2.04. The highest BCUT2D eigenvalue weighted by molar-refractivity contribution is 6.28. The van der Waals surface area contributed by atoms with Crippen molar-refractivity contribution in [2.75, 3.05) is 6.54 Å². The molecule has 2 heterocycles. The molecular formula is C7H8ClN3O. The van der Waals surface area contributed by atoms with E-state index in [1.807, 2.05) is 0 Å². The van der Waals surface area contributed by atoms with E-state index in [2.05, 4.69) is 15.3 Å². The lowest BCUT2D eigenvalue weighted by molar-refractivity contribution is 0.618. The van der Waals surface area contributed by atoms with Gasteiger partial charge in [-0.3, -0.25) is 9.78 Å². The first-order valence-corrected chi connectivity index (χ1v) is 4.13. The lowest BCUT2D eigenvalue weighted by Gasteiger charge is -2.14. The van der Waals surface area contributed by atoms with E-state index in [0.717, 1.165) is 24.2 Å². The summed E-state index contributed by atoms with van der Waals surface area (Å²) in [5.74, 6) is 0. The van der Waals surface area contributed by atoms with Crippen LogP contribution in [-0.2, 0) is 13.0 Å². The molecule has 0 aliphatic carbocycles. The minimum absolute atomic E-state index is 0.105. The first-order valence-electron chi connectivity index (χ1n) is 3.75. The van der Waals surface area contributed by atoms with Crippen molar-refractivity contribution in [1.29, 1.82) is 0 Å². The maximum Gasteiger partial charge on any atom is 0.255 e. The summed E-state index contributed by atoms with van der Waals surface area (Å²) < 4.78 is 0. The second-order valence-electron chi connectivity index (χ2n) is 2.71. The number of hydrogen-bond acceptors (Lipinski definition) is 3. The second kappa shape index (κ2) is 2.88. The van der Waals surface area contributed by atoms with Gasteiger partial charge in [-0.15, -0.1) is 0 Å². The fourth-order valence-corrected chi connectivity index (χ4v) is 1.53. The van der Waals surface area contributed by atoms with Gasteiger partial charge in [0.2, 0.25) is 5.28 Å². The minimum Gasteiger partial charge on any atom is -0.311 e. The van der Waals surface area contributed by atoms with Crippen LogP contribution in [0.3, 0.4) is 0 Å². The van der Waals surface area contributed by atoms with Gasteiger partial charge < -0.3 is 5.32 Å². The molecule has 2 rings (SSSR count). The normalized spacial score (nSPS) is 15.8. The molecular weight excluding hydrogens is 178 g/mol. The van der Waals surface area contributed by atoms with Gasteiger partial charge in [-0.2, -0.15) is 0 Å². The summed E-state index contributed by atoms with van der Waals surface area (Å²) in [7, 11) is 0. The van der Waals surface area contributed by atoms with E-state index in [-0.39, 0.29) is 10.8 Å². The molecule has 0 spiro atoms. The molecule has 0 amide bonds. The Labute approximate surface area is 74.0 Å². The molecule has 0 saturated heterocycles. The van der Waals surface area contributed by atoms with Gasteiger partial charge in [-0.1, -0.05) is 0 Å². The molecule has 0 aromatic carbocycles. The first kappa shape index (κ1) is 7.76. The Balaban J connectivity index is 2.60. The molecule has 2 N–H and O–H groups in total. The number of fused-ring (bicyclic) bond motifs is 1. The molecule has 0 radical (unpaired) electrons. The van der Waals surface area contributed by atoms with Gasteiger partial charge in [0.05, 0.1) is 5.69 Å². The Morgan fingerprint density at radius 3 is 3.17 bits per heavy atom. The third-order valence-corrected chi connectivity index (χ3v) is 2.10. The number of hydrogen-bond donors (Lipinski definition) is 2. The molecule has 1 aliphatic rings. The zero-order valence-corrected chi connectivity index (χ0v) is 7.11. The number of rotatable bonds is 0. The highest BCUT2D eigenvalue weighted by atomic mass is 35.5. The van der Waals surface area contributed by atoms with Gasteiger partial charge >= 0.3 is 0 Å². The summed E-state index contributed by atoms with van der Waals surface area (Å²) in [6.07, 6.45) is 0.731. The van der Waals surface area contributed by atoms with E-state index in [1.165, 1.54) is 0 Å². The van der Waals surface area contributed by atoms with Crippen LogP contribution in [0.4, 0.5) is 0 Å². The molecule has 1 aromatic heterocycles. The van der Waals surface area contributed by atoms with E-state index in [9.17, 15) is 4.79 Å². The Bertz CT molecular complexity index is 360. The van der Waals surface area contributed by atoms with Crippen molar-refractivity contribution in [3.8, 4) is 0 Å². The third-order valence-electron chi connectivity index (χ3n) is 1.92. The van der Waals surface area contributed by atoms with E-state index < -0.39 is 0 Å². The van der Waals surface area contributed by atoms with Gasteiger partial charge in [0, 0.05) is 12.1 Å². The van der Waals surface area contributed by atoms with Gasteiger partial charge in [0.25, 0.3) is 5.56 Å². The minimum atomic E-state index is -0.105. The molecule has 5 heteroatoms. The third kappa shape index (κ3) is 1.23. The van der Waals surface area contributed by atoms with Crippen LogP contribution in [-0.4, -0.2) is 16.5 Å². The SMILES string of the molecule is O=c1[nH]c(Cl)nc2c1CCNC2. The van der Waals surface area contributed by atoms with Crippen molar-refractivity contribution in [2.45, 2.75) is 13.0 Å². The number of aromatic amines is 1. The largest absolute Gasteiger partial charge is 0.311 e. The Kier molecular flexibility index (Phi) is 1.86. The molecule has 0 atom stereocenters. The van der Waals surface area contributed by atoms with Crippen molar-refractivity contribution in [3.05, 3.63) is 26.9 Å². The number of nitrogens with zero attached hydrogens (tertiary/aromatic N) is 1. The fourth-order valence-electron chi connectivity index (χ4n) is 1.34. The Morgan fingerprint density at radius 2 is 2.33 bits per heavy atom. The topological polar surface area (TPSA) is 57.8 Å². The van der Waals surface area contributed by atoms with Crippen molar-refractivity contribution >= 4 is 11.6 Å². The monoisotopic (exact) mass is 185 g/mol. The molecule has 0 fully saturated rings. The van der Waals surface area contributed by atoms with Crippen LogP contribution in [0.15, 0.2) is 4.79 Å². The van der Waals surface area contributed by atoms with Crippen LogP contribution in [0, 0.1) is 0 Å². The Morgan fingerprint density at radius 1 is 1.50 bits per heavy atom. The number of nitrogens with one attached hydrogen (secondary N) is 2. The van der Waals surface area contributed by atoms with Gasteiger partial charge in [0.15, 0.2) is 0 Å². The highest BCUT2D eigenvalue weighted by Gasteiger charge is 2.13. The van der Waals surface area contributed by atoms with Crippen LogP contribution in [0.5, 0.6) is 0 Å². The summed E-state index contributed by atoms with van der Waals surface area (Å²) in [5, 5.41) is 3.29. The smallest absolute Gasteiger partial charge is 0.255 e. The maximum atomic E-state index is 11.3. The molecule has 0 bridgehead atoms. The zero-order valence-electron chi connectivity index (χ0n) is 6.35. The summed E-state index contributed by atoms with van der Waals surface area (Å²) >= 11 is 5.59. The molecule has 1 aliphatic heterocycles. The second-order valence-corrected chi connectivity index (χ2v) is 3.07. The van der Waals surface area contributed by atoms with Crippen molar-refractivity contribution in [3.63, 3.8) is 0 Å². The zero-order chi connectivity index (χ0) is 8.55. The summed E-state index contributed by atoms with van der Waals surface area (Å²) in [6.45, 7) is 1.47. The summed E-state index contributed by atoms with van der Waals surface area (Å²) in [6, 6.07) is 0. The molecule has 12 heavy (non-hydrogen) atoms. The van der Waals surface area contributed by atoms with Crippen LogP contribution in [0.2, 0.25) is 5.28 Å². The molecule has 1 aromatic rings. The van der Waals surface area contributed by atoms with Gasteiger partial charge in [0.1, 0.15) is 0 Å². The first-order chi connectivity index (χ1) is 5.77. The fraction of sp³-hybridized carbons (Fsp3) is 0.429. The molecule has 64 valence electrons. The summed E-state index contributed by atoms with van der Waals surface area (Å²) in [5.41, 5.74) is 1.43. The Hall–Kier alpha value is -0.870. The molecule has 0 unspecified atom stereocenters. The lowest BCUT2D eigenvalue weighted by atomic mass is 10.1. The van der Waals surface area contributed by atoms with Crippen LogP contribution < -0.4 is 10.9 Å². The average molecular weight is 186 g/mol. The number of aromatic nitrogens is 2. The van der Waals surface area contributed by atoms with E-state index in [4.69, 9.17) is 11.6 Å².